The predicted octanol–water partition coefficient (Wildman–Crippen LogP) is 3.23. The fourth-order valence-electron chi connectivity index (χ4n) is 2.43. The average molecular weight is 391 g/mol. The Labute approximate surface area is 147 Å². The third kappa shape index (κ3) is 3.93. The lowest BCUT2D eigenvalue weighted by Crippen LogP contribution is -2.24. The van der Waals surface area contributed by atoms with Gasteiger partial charge in [-0.1, -0.05) is 0 Å². The number of aryl methyl sites for hydroxylation is 2. The molecule has 6 nitrogen and oxygen atoms in total. The van der Waals surface area contributed by atoms with Crippen LogP contribution in [0, 0.1) is 6.92 Å². The van der Waals surface area contributed by atoms with Gasteiger partial charge in [0.15, 0.2) is 5.69 Å². The molecule has 0 aliphatic rings. The van der Waals surface area contributed by atoms with Crippen molar-refractivity contribution in [2.24, 2.45) is 0 Å². The van der Waals surface area contributed by atoms with Crippen molar-refractivity contribution in [2.75, 3.05) is 0 Å². The maximum Gasteiger partial charge on any atom is 0.434 e. The van der Waals surface area contributed by atoms with Crippen LogP contribution in [0.15, 0.2) is 29.5 Å². The number of hydrogen-bond donors (Lipinski definition) is 0. The highest BCUT2D eigenvalue weighted by atomic mass is 19.4. The van der Waals surface area contributed by atoms with Crippen LogP contribution in [0.1, 0.15) is 17.8 Å². The zero-order chi connectivity index (χ0) is 20.0. The highest BCUT2D eigenvalue weighted by Crippen LogP contribution is 2.34. The molecule has 12 heteroatoms. The van der Waals surface area contributed by atoms with Crippen molar-refractivity contribution in [1.82, 2.24) is 24.1 Å². The number of aromatic nitrogens is 5. The van der Waals surface area contributed by atoms with Crippen LogP contribution in [0.4, 0.5) is 26.3 Å². The van der Waals surface area contributed by atoms with Gasteiger partial charge in [-0.3, -0.25) is 13.9 Å². The molecule has 3 rings (SSSR count). The highest BCUT2D eigenvalue weighted by Gasteiger charge is 2.38. The fraction of sp³-hybridized carbons (Fsp3) is 0.333. The first-order chi connectivity index (χ1) is 12.5. The van der Waals surface area contributed by atoms with Gasteiger partial charge in [-0.2, -0.15) is 31.4 Å². The van der Waals surface area contributed by atoms with Crippen molar-refractivity contribution in [2.45, 2.75) is 32.2 Å². The van der Waals surface area contributed by atoms with E-state index in [2.05, 4.69) is 15.1 Å². The zero-order valence-electron chi connectivity index (χ0n) is 13.6. The van der Waals surface area contributed by atoms with Crippen LogP contribution in [0.3, 0.4) is 0 Å². The third-order valence-electron chi connectivity index (χ3n) is 3.65. The molecular weight excluding hydrogens is 380 g/mol. The van der Waals surface area contributed by atoms with E-state index in [0.717, 1.165) is 21.5 Å². The Balaban J connectivity index is 2.16. The Morgan fingerprint density at radius 3 is 2.44 bits per heavy atom. The number of rotatable bonds is 3. The SMILES string of the molecule is Cc1ccn2c(=O)c(-c3cnn(CCC(F)(F)F)c3)c(C(F)(F)F)nc2n1. The topological polar surface area (TPSA) is 65.1 Å². The Bertz CT molecular complexity index is 1050. The number of halogens is 6. The van der Waals surface area contributed by atoms with Crippen molar-refractivity contribution in [1.29, 1.82) is 0 Å². The van der Waals surface area contributed by atoms with Gasteiger partial charge in [0.2, 0.25) is 5.78 Å². The largest absolute Gasteiger partial charge is 0.434 e. The van der Waals surface area contributed by atoms with E-state index in [4.69, 9.17) is 0 Å². The van der Waals surface area contributed by atoms with E-state index >= 15 is 0 Å². The van der Waals surface area contributed by atoms with Crippen molar-refractivity contribution < 1.29 is 26.3 Å². The lowest BCUT2D eigenvalue weighted by atomic mass is 10.1. The molecule has 0 amide bonds. The first-order valence-corrected chi connectivity index (χ1v) is 7.52. The van der Waals surface area contributed by atoms with Gasteiger partial charge >= 0.3 is 12.4 Å². The lowest BCUT2D eigenvalue weighted by Gasteiger charge is -2.12. The molecule has 0 aromatic carbocycles. The summed E-state index contributed by atoms with van der Waals surface area (Å²) in [5.41, 5.74) is -3.24. The van der Waals surface area contributed by atoms with Crippen LogP contribution >= 0.6 is 0 Å². The summed E-state index contributed by atoms with van der Waals surface area (Å²) in [5.74, 6) is -0.430. The minimum atomic E-state index is -4.97. The summed E-state index contributed by atoms with van der Waals surface area (Å²) >= 11 is 0. The molecule has 3 heterocycles. The minimum absolute atomic E-state index is 0.281. The highest BCUT2D eigenvalue weighted by molar-refractivity contribution is 5.65. The van der Waals surface area contributed by atoms with Crippen LogP contribution in [0.2, 0.25) is 0 Å². The smallest absolute Gasteiger partial charge is 0.272 e. The molecule has 0 spiro atoms. The molecule has 0 saturated carbocycles. The van der Waals surface area contributed by atoms with Crippen LogP contribution in [0.5, 0.6) is 0 Å². The van der Waals surface area contributed by atoms with E-state index in [-0.39, 0.29) is 5.56 Å². The second-order valence-electron chi connectivity index (χ2n) is 5.73. The Hall–Kier alpha value is -2.92. The lowest BCUT2D eigenvalue weighted by molar-refractivity contribution is -0.140. The first kappa shape index (κ1) is 18.9. The Morgan fingerprint density at radius 1 is 1.11 bits per heavy atom. The molecule has 0 bridgehead atoms. The molecule has 144 valence electrons. The normalized spacial score (nSPS) is 12.7. The van der Waals surface area contributed by atoms with Gasteiger partial charge in [-0.25, -0.2) is 9.97 Å². The molecule has 0 atom stereocenters. The molecular formula is C15H11F6N5O. The summed E-state index contributed by atoms with van der Waals surface area (Å²) in [6.07, 6.45) is -7.55. The van der Waals surface area contributed by atoms with E-state index in [0.29, 0.717) is 5.69 Å². The summed E-state index contributed by atoms with van der Waals surface area (Å²) in [5, 5.41) is 3.61. The standard InChI is InChI=1S/C15H11F6N5O/c1-8-2-4-26-12(27)10(11(15(19,20)21)24-13(26)23-8)9-6-22-25(7-9)5-3-14(16,17)18/h2,4,6-7H,3,5H2,1H3. The van der Waals surface area contributed by atoms with Crippen molar-refractivity contribution >= 4 is 5.78 Å². The minimum Gasteiger partial charge on any atom is -0.272 e. The van der Waals surface area contributed by atoms with Crippen molar-refractivity contribution in [3.63, 3.8) is 0 Å². The van der Waals surface area contributed by atoms with Crippen LogP contribution in [-0.4, -0.2) is 30.3 Å². The van der Waals surface area contributed by atoms with Gasteiger partial charge < -0.3 is 0 Å². The van der Waals surface area contributed by atoms with Gasteiger partial charge in [0, 0.05) is 30.2 Å². The zero-order valence-corrected chi connectivity index (χ0v) is 13.6. The molecule has 0 aliphatic heterocycles. The van der Waals surface area contributed by atoms with Gasteiger partial charge in [-0.05, 0) is 13.0 Å². The summed E-state index contributed by atoms with van der Waals surface area (Å²) in [7, 11) is 0. The summed E-state index contributed by atoms with van der Waals surface area (Å²) in [6, 6.07) is 1.42. The van der Waals surface area contributed by atoms with Crippen LogP contribution in [-0.2, 0) is 12.7 Å². The molecule has 0 radical (unpaired) electrons. The maximum absolute atomic E-state index is 13.4. The summed E-state index contributed by atoms with van der Waals surface area (Å²) in [4.78, 5) is 19.9. The molecule has 0 unspecified atom stereocenters. The number of hydrogen-bond acceptors (Lipinski definition) is 4. The van der Waals surface area contributed by atoms with Crippen LogP contribution in [0.25, 0.3) is 16.9 Å². The molecule has 0 aliphatic carbocycles. The van der Waals surface area contributed by atoms with E-state index in [9.17, 15) is 31.1 Å². The predicted molar refractivity (Wildman–Crippen MR) is 80.9 cm³/mol. The van der Waals surface area contributed by atoms with E-state index in [1.165, 1.54) is 19.2 Å². The van der Waals surface area contributed by atoms with Gasteiger partial charge in [-0.15, -0.1) is 0 Å². The molecule has 3 aromatic rings. The molecule has 0 fully saturated rings. The van der Waals surface area contributed by atoms with E-state index in [1.54, 1.807) is 0 Å². The van der Waals surface area contributed by atoms with E-state index in [1.807, 2.05) is 0 Å². The quantitative estimate of drug-likeness (QED) is 0.643. The number of nitrogens with zero attached hydrogens (tertiary/aromatic N) is 5. The first-order valence-electron chi connectivity index (χ1n) is 7.52. The van der Waals surface area contributed by atoms with Gasteiger partial charge in [0.05, 0.1) is 18.2 Å². The van der Waals surface area contributed by atoms with Crippen molar-refractivity contribution in [3.8, 4) is 11.1 Å². The average Bonchev–Trinajstić information content (AvgIpc) is 2.99. The van der Waals surface area contributed by atoms with Gasteiger partial charge in [0.25, 0.3) is 5.56 Å². The Morgan fingerprint density at radius 2 is 1.81 bits per heavy atom. The Kier molecular flexibility index (Phi) is 4.44. The number of fused-ring (bicyclic) bond motifs is 1. The fourth-order valence-corrected chi connectivity index (χ4v) is 2.43. The molecule has 27 heavy (non-hydrogen) atoms. The van der Waals surface area contributed by atoms with E-state index < -0.39 is 47.9 Å². The molecule has 0 N–H and O–H groups in total. The second kappa shape index (κ2) is 6.35. The third-order valence-corrected chi connectivity index (χ3v) is 3.65. The van der Waals surface area contributed by atoms with Crippen LogP contribution < -0.4 is 5.56 Å². The van der Waals surface area contributed by atoms with Gasteiger partial charge in [0.1, 0.15) is 0 Å². The second-order valence-corrected chi connectivity index (χ2v) is 5.73. The summed E-state index contributed by atoms with van der Waals surface area (Å²) in [6.45, 7) is 0.936. The molecule has 3 aromatic heterocycles. The monoisotopic (exact) mass is 391 g/mol. The maximum atomic E-state index is 13.4. The number of alkyl halides is 6. The van der Waals surface area contributed by atoms with Crippen molar-refractivity contribution in [3.05, 3.63) is 46.4 Å². The summed E-state index contributed by atoms with van der Waals surface area (Å²) < 4.78 is 78.9. The molecule has 0 saturated heterocycles.